The Kier molecular flexibility index (Phi) is 5.93. The summed E-state index contributed by atoms with van der Waals surface area (Å²) >= 11 is 6.09. The van der Waals surface area contributed by atoms with Crippen molar-refractivity contribution in [3.05, 3.63) is 28.8 Å². The van der Waals surface area contributed by atoms with Crippen LogP contribution in [0.15, 0.2) is 18.2 Å². The fourth-order valence-corrected chi connectivity index (χ4v) is 2.90. The van der Waals surface area contributed by atoms with Gasteiger partial charge in [0.1, 0.15) is 5.75 Å². The van der Waals surface area contributed by atoms with Crippen molar-refractivity contribution in [1.29, 1.82) is 0 Å². The second-order valence-corrected chi connectivity index (χ2v) is 12.1. The molecule has 0 heterocycles. The van der Waals surface area contributed by atoms with Crippen LogP contribution in [0.25, 0.3) is 0 Å². The molecule has 0 aliphatic carbocycles. The van der Waals surface area contributed by atoms with E-state index in [4.69, 9.17) is 16.0 Å². The van der Waals surface area contributed by atoms with Crippen LogP contribution in [-0.2, 0) is 4.79 Å². The first-order valence-corrected chi connectivity index (χ1v) is 10.6. The Morgan fingerprint density at radius 3 is 2.17 bits per heavy atom. The van der Waals surface area contributed by atoms with E-state index < -0.39 is 32.5 Å². The molecule has 1 rings (SSSR count). The summed E-state index contributed by atoms with van der Waals surface area (Å²) in [7, 11) is -2.37. The molecule has 8 heteroatoms. The predicted molar refractivity (Wildman–Crippen MR) is 89.3 cm³/mol. The van der Waals surface area contributed by atoms with E-state index in [2.05, 4.69) is 0 Å². The number of benzene rings is 1. The average molecular weight is 381 g/mol. The highest BCUT2D eigenvalue weighted by Gasteiger charge is 2.42. The van der Waals surface area contributed by atoms with E-state index in [0.29, 0.717) is 0 Å². The van der Waals surface area contributed by atoms with Gasteiger partial charge in [-0.1, -0.05) is 38.4 Å². The lowest BCUT2D eigenvalue weighted by Crippen LogP contribution is -2.44. The molecule has 0 aliphatic rings. The highest BCUT2D eigenvalue weighted by molar-refractivity contribution is 6.74. The molecule has 0 N–H and O–H groups in total. The van der Waals surface area contributed by atoms with Crippen molar-refractivity contribution in [2.24, 2.45) is 0 Å². The van der Waals surface area contributed by atoms with E-state index in [1.165, 1.54) is 18.2 Å². The van der Waals surface area contributed by atoms with Crippen molar-refractivity contribution >= 4 is 31.5 Å². The number of alkyl halides is 3. The molecule has 0 spiro atoms. The van der Waals surface area contributed by atoms with Crippen LogP contribution in [0.1, 0.15) is 37.6 Å². The molecule has 0 saturated carbocycles. The van der Waals surface area contributed by atoms with Gasteiger partial charge in [0.05, 0.1) is 17.0 Å². The van der Waals surface area contributed by atoms with Crippen molar-refractivity contribution in [3.63, 3.8) is 0 Å². The lowest BCUT2D eigenvalue weighted by Gasteiger charge is -2.37. The first-order chi connectivity index (χ1) is 10.7. The number of rotatable bonds is 5. The molecule has 1 aromatic carbocycles. The SMILES string of the molecule is CC(C)(C)[Si](C)(C)Oc1c(Cl)cccc1C(=O)CC(=O)C(F)(F)F. The van der Waals surface area contributed by atoms with Crippen molar-refractivity contribution in [2.75, 3.05) is 0 Å². The molecule has 0 atom stereocenters. The molecule has 1 aromatic rings. The van der Waals surface area contributed by atoms with Gasteiger partial charge in [-0.3, -0.25) is 9.59 Å². The van der Waals surface area contributed by atoms with Gasteiger partial charge in [-0.2, -0.15) is 13.2 Å². The number of halogens is 4. The first-order valence-electron chi connectivity index (χ1n) is 7.27. The molecule has 3 nitrogen and oxygen atoms in total. The zero-order valence-electron chi connectivity index (χ0n) is 14.2. The third kappa shape index (κ3) is 4.83. The maximum Gasteiger partial charge on any atom is 0.450 e. The number of Topliss-reactive ketones (excluding diaryl/α,β-unsaturated/α-hetero) is 2. The molecule has 24 heavy (non-hydrogen) atoms. The number of ketones is 2. The van der Waals surface area contributed by atoms with Crippen molar-refractivity contribution < 1.29 is 27.2 Å². The number of carbonyl (C=O) groups is 2. The second-order valence-electron chi connectivity index (χ2n) is 7.00. The second kappa shape index (κ2) is 6.88. The molecule has 134 valence electrons. The molecular formula is C16H20ClF3O3Si. The molecule has 0 aliphatic heterocycles. The van der Waals surface area contributed by atoms with E-state index in [9.17, 15) is 22.8 Å². The van der Waals surface area contributed by atoms with Crippen LogP contribution in [0.2, 0.25) is 23.2 Å². The summed E-state index contributed by atoms with van der Waals surface area (Å²) in [6.45, 7) is 9.77. The Labute approximate surface area is 145 Å². The summed E-state index contributed by atoms with van der Waals surface area (Å²) in [5.74, 6) is -3.01. The van der Waals surface area contributed by atoms with Gasteiger partial charge in [0, 0.05) is 0 Å². The predicted octanol–water partition coefficient (Wildman–Crippen LogP) is 5.43. The van der Waals surface area contributed by atoms with Crippen molar-refractivity contribution in [1.82, 2.24) is 0 Å². The monoisotopic (exact) mass is 380 g/mol. The fraction of sp³-hybridized carbons (Fsp3) is 0.500. The van der Waals surface area contributed by atoms with Crippen LogP contribution >= 0.6 is 11.6 Å². The minimum Gasteiger partial charge on any atom is -0.542 e. The van der Waals surface area contributed by atoms with Crippen LogP contribution in [0.5, 0.6) is 5.75 Å². The minimum atomic E-state index is -5.05. The lowest BCUT2D eigenvalue weighted by atomic mass is 10.0. The van der Waals surface area contributed by atoms with Crippen LogP contribution in [0.4, 0.5) is 13.2 Å². The van der Waals surface area contributed by atoms with Crippen LogP contribution in [-0.4, -0.2) is 26.1 Å². The maximum atomic E-state index is 12.4. The standard InChI is InChI=1S/C16H20ClF3O3Si/c1-15(2,3)24(4,5)23-14-10(7-6-8-11(14)17)12(21)9-13(22)16(18,19)20/h6-8H,9H2,1-5H3. The molecule has 0 unspecified atom stereocenters. The minimum absolute atomic E-state index is 0.0470. The maximum absolute atomic E-state index is 12.4. The Bertz CT molecular complexity index is 649. The summed E-state index contributed by atoms with van der Waals surface area (Å²) in [5.41, 5.74) is -0.107. The fourth-order valence-electron chi connectivity index (χ4n) is 1.58. The quantitative estimate of drug-likeness (QED) is 0.388. The van der Waals surface area contributed by atoms with Crippen LogP contribution < -0.4 is 4.43 Å². The van der Waals surface area contributed by atoms with Crippen molar-refractivity contribution in [2.45, 2.75) is 51.5 Å². The smallest absolute Gasteiger partial charge is 0.450 e. The van der Waals surface area contributed by atoms with Crippen molar-refractivity contribution in [3.8, 4) is 5.75 Å². The molecule has 0 radical (unpaired) electrons. The van der Waals surface area contributed by atoms with E-state index in [1.807, 2.05) is 33.9 Å². The summed E-state index contributed by atoms with van der Waals surface area (Å²) in [4.78, 5) is 23.2. The molecule has 0 saturated heterocycles. The first kappa shape index (κ1) is 20.7. The van der Waals surface area contributed by atoms with E-state index in [-0.39, 0.29) is 21.4 Å². The van der Waals surface area contributed by atoms with E-state index in [0.717, 1.165) is 0 Å². The molecule has 0 aromatic heterocycles. The Hall–Kier alpha value is -1.34. The average Bonchev–Trinajstić information content (AvgIpc) is 2.38. The number of hydrogen-bond acceptors (Lipinski definition) is 3. The zero-order valence-corrected chi connectivity index (χ0v) is 15.9. The van der Waals surface area contributed by atoms with Gasteiger partial charge in [0.2, 0.25) is 5.78 Å². The Morgan fingerprint density at radius 2 is 1.71 bits per heavy atom. The molecule has 0 fully saturated rings. The summed E-state index contributed by atoms with van der Waals surface area (Å²) in [5, 5.41) is -0.0704. The lowest BCUT2D eigenvalue weighted by molar-refractivity contribution is -0.170. The topological polar surface area (TPSA) is 43.4 Å². The van der Waals surface area contributed by atoms with Gasteiger partial charge in [0.25, 0.3) is 8.32 Å². The molecule has 0 amide bonds. The third-order valence-corrected chi connectivity index (χ3v) is 8.69. The normalized spacial score (nSPS) is 12.9. The van der Waals surface area contributed by atoms with Crippen LogP contribution in [0, 0.1) is 0 Å². The molecular weight excluding hydrogens is 361 g/mol. The number of para-hydroxylation sites is 1. The van der Waals surface area contributed by atoms with Gasteiger partial charge < -0.3 is 4.43 Å². The zero-order chi connectivity index (χ0) is 18.9. The summed E-state index contributed by atoms with van der Waals surface area (Å²) in [6.07, 6.45) is -6.31. The summed E-state index contributed by atoms with van der Waals surface area (Å²) in [6, 6.07) is 4.25. The van der Waals surface area contributed by atoms with Gasteiger partial charge in [-0.05, 0) is 30.3 Å². The largest absolute Gasteiger partial charge is 0.542 e. The highest BCUT2D eigenvalue weighted by atomic mass is 35.5. The Balaban J connectivity index is 3.21. The van der Waals surface area contributed by atoms with Crippen LogP contribution in [0.3, 0.4) is 0 Å². The van der Waals surface area contributed by atoms with E-state index in [1.54, 1.807) is 0 Å². The van der Waals surface area contributed by atoms with E-state index >= 15 is 0 Å². The summed E-state index contributed by atoms with van der Waals surface area (Å²) < 4.78 is 43.2. The Morgan fingerprint density at radius 1 is 1.17 bits per heavy atom. The molecule has 0 bridgehead atoms. The van der Waals surface area contributed by atoms with Gasteiger partial charge in [-0.25, -0.2) is 0 Å². The third-order valence-electron chi connectivity index (χ3n) is 4.07. The number of hydrogen-bond donors (Lipinski definition) is 0. The van der Waals surface area contributed by atoms with Gasteiger partial charge in [0.15, 0.2) is 5.78 Å². The highest BCUT2D eigenvalue weighted by Crippen LogP contribution is 2.40. The van der Waals surface area contributed by atoms with Gasteiger partial charge in [-0.15, -0.1) is 0 Å². The number of carbonyl (C=O) groups excluding carboxylic acids is 2. The van der Waals surface area contributed by atoms with Gasteiger partial charge >= 0.3 is 6.18 Å².